The number of carbonyl (C=O) groups excluding carboxylic acids is 2. The Morgan fingerprint density at radius 1 is 0.581 bits per heavy atom. The van der Waals surface area contributed by atoms with E-state index in [4.69, 9.17) is 4.74 Å². The molecule has 0 saturated heterocycles. The van der Waals surface area contributed by atoms with Crippen molar-refractivity contribution in [3.05, 3.63) is 112 Å². The quantitative estimate of drug-likeness (QED) is 0.300. The van der Waals surface area contributed by atoms with Gasteiger partial charge in [0.25, 0.3) is 0 Å². The maximum atomic E-state index is 13.3. The number of halogens is 1. The van der Waals surface area contributed by atoms with E-state index < -0.39 is 0 Å². The van der Waals surface area contributed by atoms with Crippen molar-refractivity contribution in [2.45, 2.75) is 0 Å². The average Bonchev–Trinajstić information content (AvgIpc) is 2.82. The van der Waals surface area contributed by atoms with Crippen LogP contribution in [0, 0.1) is 0 Å². The zero-order valence-corrected chi connectivity index (χ0v) is 18.3. The van der Waals surface area contributed by atoms with E-state index in [1.165, 1.54) is 0 Å². The first-order valence-corrected chi connectivity index (χ1v) is 10.6. The topological polar surface area (TPSA) is 43.4 Å². The predicted octanol–water partition coefficient (Wildman–Crippen LogP) is 6.57. The average molecular weight is 469 g/mol. The summed E-state index contributed by atoms with van der Waals surface area (Å²) in [6.07, 6.45) is 0. The number of rotatable bonds is 3. The Bertz CT molecular complexity index is 1340. The van der Waals surface area contributed by atoms with Crippen molar-refractivity contribution in [2.24, 2.45) is 0 Å². The molecular weight excluding hydrogens is 452 g/mol. The van der Waals surface area contributed by atoms with Gasteiger partial charge < -0.3 is 4.74 Å². The van der Waals surface area contributed by atoms with Gasteiger partial charge in [0.05, 0.1) is 7.11 Å². The lowest BCUT2D eigenvalue weighted by molar-refractivity contribution is 0.0979. The molecule has 0 aliphatic heterocycles. The normalized spacial score (nSPS) is 12.3. The summed E-state index contributed by atoms with van der Waals surface area (Å²) in [5.41, 5.74) is 5.50. The molecule has 1 aliphatic carbocycles. The molecule has 0 fully saturated rings. The number of benzene rings is 4. The predicted molar refractivity (Wildman–Crippen MR) is 125 cm³/mol. The second kappa shape index (κ2) is 7.64. The number of ketones is 2. The van der Waals surface area contributed by atoms with E-state index in [2.05, 4.69) is 15.9 Å². The second-order valence-electron chi connectivity index (χ2n) is 7.38. The highest BCUT2D eigenvalue weighted by atomic mass is 79.9. The Hall–Kier alpha value is -3.50. The van der Waals surface area contributed by atoms with Crippen molar-refractivity contribution in [2.75, 3.05) is 7.11 Å². The van der Waals surface area contributed by atoms with Crippen molar-refractivity contribution < 1.29 is 14.3 Å². The third-order valence-corrected chi connectivity index (χ3v) is 6.15. The number of carbonyl (C=O) groups is 2. The van der Waals surface area contributed by atoms with Gasteiger partial charge in [-0.05, 0) is 58.7 Å². The molecular formula is C27H17BrO3. The van der Waals surface area contributed by atoms with Gasteiger partial charge in [-0.25, -0.2) is 0 Å². The molecule has 0 heterocycles. The van der Waals surface area contributed by atoms with Gasteiger partial charge in [0.15, 0.2) is 11.6 Å². The highest BCUT2D eigenvalue weighted by Crippen LogP contribution is 2.39. The lowest BCUT2D eigenvalue weighted by Crippen LogP contribution is -2.21. The van der Waals surface area contributed by atoms with Crippen molar-refractivity contribution in [3.8, 4) is 28.0 Å². The minimum absolute atomic E-state index is 0.121. The maximum Gasteiger partial charge on any atom is 0.194 e. The van der Waals surface area contributed by atoms with Gasteiger partial charge >= 0.3 is 0 Å². The molecule has 0 atom stereocenters. The van der Waals surface area contributed by atoms with E-state index in [1.807, 2.05) is 60.7 Å². The Labute approximate surface area is 188 Å². The first-order valence-electron chi connectivity index (χ1n) is 9.83. The molecule has 1 aliphatic rings. The van der Waals surface area contributed by atoms with Gasteiger partial charge in [0.1, 0.15) is 5.75 Å². The summed E-state index contributed by atoms with van der Waals surface area (Å²) in [6.45, 7) is 0. The van der Waals surface area contributed by atoms with Crippen LogP contribution in [0.3, 0.4) is 0 Å². The fourth-order valence-electron chi connectivity index (χ4n) is 4.02. The summed E-state index contributed by atoms with van der Waals surface area (Å²) < 4.78 is 6.26. The van der Waals surface area contributed by atoms with Crippen LogP contribution in [0.4, 0.5) is 0 Å². The van der Waals surface area contributed by atoms with Gasteiger partial charge in [0.2, 0.25) is 0 Å². The highest BCUT2D eigenvalue weighted by Gasteiger charge is 2.30. The zero-order valence-electron chi connectivity index (χ0n) is 16.7. The molecule has 0 unspecified atom stereocenters. The van der Waals surface area contributed by atoms with Crippen molar-refractivity contribution in [3.63, 3.8) is 0 Å². The van der Waals surface area contributed by atoms with Crippen LogP contribution < -0.4 is 4.74 Å². The van der Waals surface area contributed by atoms with Crippen LogP contribution in [0.5, 0.6) is 5.75 Å². The van der Waals surface area contributed by atoms with Gasteiger partial charge in [0, 0.05) is 26.7 Å². The zero-order chi connectivity index (χ0) is 21.5. The van der Waals surface area contributed by atoms with Crippen molar-refractivity contribution in [1.29, 1.82) is 0 Å². The fraction of sp³-hybridized carbons (Fsp3) is 0.0370. The second-order valence-corrected chi connectivity index (χ2v) is 8.30. The first-order chi connectivity index (χ1) is 15.1. The molecule has 0 N–H and O–H groups in total. The Morgan fingerprint density at radius 3 is 1.48 bits per heavy atom. The minimum atomic E-state index is -0.123. The van der Waals surface area contributed by atoms with Crippen LogP contribution in [-0.4, -0.2) is 18.7 Å². The van der Waals surface area contributed by atoms with Gasteiger partial charge in [-0.3, -0.25) is 9.59 Å². The third kappa shape index (κ3) is 3.29. The molecule has 4 aromatic rings. The first kappa shape index (κ1) is 19.5. The van der Waals surface area contributed by atoms with Gasteiger partial charge in [-0.15, -0.1) is 0 Å². The molecule has 0 radical (unpaired) electrons. The summed E-state index contributed by atoms with van der Waals surface area (Å²) in [5, 5.41) is 0. The number of hydrogen-bond acceptors (Lipinski definition) is 3. The maximum absolute atomic E-state index is 13.3. The molecule has 0 bridgehead atoms. The molecule has 0 spiro atoms. The summed E-state index contributed by atoms with van der Waals surface area (Å²) in [6, 6.07) is 26.4. The van der Waals surface area contributed by atoms with E-state index in [0.29, 0.717) is 22.3 Å². The number of methoxy groups -OCH3 is 1. The van der Waals surface area contributed by atoms with E-state index >= 15 is 0 Å². The Kier molecular flexibility index (Phi) is 4.79. The Morgan fingerprint density at radius 2 is 1.03 bits per heavy atom. The molecule has 4 heteroatoms. The van der Waals surface area contributed by atoms with Gasteiger partial charge in [-0.1, -0.05) is 64.5 Å². The highest BCUT2D eigenvalue weighted by molar-refractivity contribution is 9.10. The standard InChI is InChI=1S/C27H17BrO3/c1-31-19-12-8-17(9-13-19)23-15-25-24(14-22(23)16-6-10-18(28)11-7-16)26(29)20-4-2-3-5-21(20)27(25)30/h2-15H,1H3. The number of hydrogen-bond donors (Lipinski definition) is 0. The third-order valence-electron chi connectivity index (χ3n) is 5.62. The summed E-state index contributed by atoms with van der Waals surface area (Å²) in [7, 11) is 1.63. The lowest BCUT2D eigenvalue weighted by Gasteiger charge is -2.21. The van der Waals surface area contributed by atoms with E-state index in [1.54, 1.807) is 31.4 Å². The molecule has 0 saturated carbocycles. The smallest absolute Gasteiger partial charge is 0.194 e. The van der Waals surface area contributed by atoms with Crippen molar-refractivity contribution in [1.82, 2.24) is 0 Å². The molecule has 4 aromatic carbocycles. The molecule has 150 valence electrons. The summed E-state index contributed by atoms with van der Waals surface area (Å²) >= 11 is 3.48. The van der Waals surface area contributed by atoms with Crippen LogP contribution in [0.1, 0.15) is 31.8 Å². The van der Waals surface area contributed by atoms with E-state index in [9.17, 15) is 9.59 Å². The van der Waals surface area contributed by atoms with Crippen LogP contribution >= 0.6 is 15.9 Å². The number of fused-ring (bicyclic) bond motifs is 2. The fourth-order valence-corrected chi connectivity index (χ4v) is 4.29. The van der Waals surface area contributed by atoms with Crippen LogP contribution in [0.25, 0.3) is 22.3 Å². The number of ether oxygens (including phenoxy) is 1. The molecule has 3 nitrogen and oxygen atoms in total. The Balaban J connectivity index is 1.77. The molecule has 5 rings (SSSR count). The van der Waals surface area contributed by atoms with E-state index in [-0.39, 0.29) is 11.6 Å². The van der Waals surface area contributed by atoms with E-state index in [0.717, 1.165) is 32.5 Å². The SMILES string of the molecule is COc1ccc(-c2cc3c(cc2-c2ccc(Br)cc2)C(=O)c2ccccc2C3=O)cc1. The largest absolute Gasteiger partial charge is 0.497 e. The molecule has 0 aromatic heterocycles. The van der Waals surface area contributed by atoms with Crippen LogP contribution in [-0.2, 0) is 0 Å². The minimum Gasteiger partial charge on any atom is -0.497 e. The summed E-state index contributed by atoms with van der Waals surface area (Å²) in [4.78, 5) is 26.5. The molecule has 0 amide bonds. The van der Waals surface area contributed by atoms with Crippen LogP contribution in [0.15, 0.2) is 89.4 Å². The van der Waals surface area contributed by atoms with Crippen molar-refractivity contribution >= 4 is 27.5 Å². The van der Waals surface area contributed by atoms with Gasteiger partial charge in [-0.2, -0.15) is 0 Å². The van der Waals surface area contributed by atoms with Crippen LogP contribution in [0.2, 0.25) is 0 Å². The monoisotopic (exact) mass is 468 g/mol. The molecule has 31 heavy (non-hydrogen) atoms. The summed E-state index contributed by atoms with van der Waals surface area (Å²) in [5.74, 6) is 0.513. The lowest BCUT2D eigenvalue weighted by atomic mass is 9.80.